The van der Waals surface area contributed by atoms with Crippen LogP contribution in [0.1, 0.15) is 22.3 Å². The lowest BCUT2D eigenvalue weighted by atomic mass is 10.0. The van der Waals surface area contributed by atoms with Crippen molar-refractivity contribution in [2.45, 2.75) is 26.1 Å². The number of benzene rings is 1. The molecule has 0 saturated carbocycles. The minimum atomic E-state index is 0.953. The molecule has 0 fully saturated rings. The Morgan fingerprint density at radius 1 is 1.09 bits per heavy atom. The zero-order valence-electron chi connectivity index (χ0n) is 7.24. The lowest BCUT2D eigenvalue weighted by molar-refractivity contribution is 1.23. The molecule has 1 heteroatoms. The van der Waals surface area contributed by atoms with Crippen molar-refractivity contribution in [1.82, 2.24) is 0 Å². The summed E-state index contributed by atoms with van der Waals surface area (Å²) in [4.78, 5) is 0. The van der Waals surface area contributed by atoms with Gasteiger partial charge < -0.3 is 0 Å². The van der Waals surface area contributed by atoms with Crippen LogP contribution in [0, 0.1) is 20.8 Å². The van der Waals surface area contributed by atoms with Crippen LogP contribution in [0.4, 0.5) is 0 Å². The van der Waals surface area contributed by atoms with Crippen molar-refractivity contribution in [2.24, 2.45) is 0 Å². The van der Waals surface area contributed by atoms with E-state index in [0.29, 0.717) is 0 Å². The zero-order valence-corrected chi connectivity index (χ0v) is 8.83. The fourth-order valence-electron chi connectivity index (χ4n) is 1.20. The van der Waals surface area contributed by atoms with Crippen LogP contribution in [0.25, 0.3) is 0 Å². The van der Waals surface area contributed by atoms with Crippen LogP contribution in [0.3, 0.4) is 0 Å². The number of hydrogen-bond acceptors (Lipinski definition) is 0. The van der Waals surface area contributed by atoms with Gasteiger partial charge in [0.15, 0.2) is 0 Å². The van der Waals surface area contributed by atoms with Crippen LogP contribution >= 0.6 is 15.9 Å². The lowest BCUT2D eigenvalue weighted by Gasteiger charge is -2.06. The van der Waals surface area contributed by atoms with Gasteiger partial charge in [0.05, 0.1) is 0 Å². The summed E-state index contributed by atoms with van der Waals surface area (Å²) in [5.41, 5.74) is 5.55. The zero-order chi connectivity index (χ0) is 8.43. The molecule has 0 N–H and O–H groups in total. The van der Waals surface area contributed by atoms with Gasteiger partial charge >= 0.3 is 0 Å². The lowest BCUT2D eigenvalue weighted by Crippen LogP contribution is -1.88. The van der Waals surface area contributed by atoms with Gasteiger partial charge in [0.25, 0.3) is 0 Å². The van der Waals surface area contributed by atoms with Crippen molar-refractivity contribution in [3.05, 3.63) is 34.4 Å². The molecule has 0 aliphatic heterocycles. The van der Waals surface area contributed by atoms with Gasteiger partial charge in [0.2, 0.25) is 0 Å². The van der Waals surface area contributed by atoms with Crippen molar-refractivity contribution >= 4 is 15.9 Å². The number of aryl methyl sites for hydroxylation is 2. The summed E-state index contributed by atoms with van der Waals surface area (Å²) < 4.78 is 0. The molecule has 0 spiro atoms. The Morgan fingerprint density at radius 2 is 1.55 bits per heavy atom. The van der Waals surface area contributed by atoms with E-state index in [-0.39, 0.29) is 0 Å². The van der Waals surface area contributed by atoms with Gasteiger partial charge in [-0.05, 0) is 43.0 Å². The minimum absolute atomic E-state index is 0.953. The fourth-order valence-corrected chi connectivity index (χ4v) is 1.53. The van der Waals surface area contributed by atoms with Crippen LogP contribution in [0.2, 0.25) is 0 Å². The molecule has 1 rings (SSSR count). The Labute approximate surface area is 76.8 Å². The average molecular weight is 213 g/mol. The van der Waals surface area contributed by atoms with Gasteiger partial charge in [-0.1, -0.05) is 28.1 Å². The average Bonchev–Trinajstić information content (AvgIpc) is 1.99. The molecular formula is C10H13Br. The fraction of sp³-hybridized carbons (Fsp3) is 0.400. The molecule has 0 nitrogen and oxygen atoms in total. The van der Waals surface area contributed by atoms with Crippen molar-refractivity contribution in [3.8, 4) is 0 Å². The molecule has 1 aromatic carbocycles. The van der Waals surface area contributed by atoms with Crippen LogP contribution in [-0.4, -0.2) is 0 Å². The second-order valence-electron chi connectivity index (χ2n) is 2.99. The van der Waals surface area contributed by atoms with Crippen molar-refractivity contribution in [1.29, 1.82) is 0 Å². The predicted molar refractivity (Wildman–Crippen MR) is 53.3 cm³/mol. The van der Waals surface area contributed by atoms with Gasteiger partial charge in [-0.2, -0.15) is 0 Å². The van der Waals surface area contributed by atoms with Gasteiger partial charge in [0, 0.05) is 5.33 Å². The third-order valence-electron chi connectivity index (χ3n) is 2.14. The third-order valence-corrected chi connectivity index (χ3v) is 2.79. The van der Waals surface area contributed by atoms with E-state index in [1.54, 1.807) is 0 Å². The SMILES string of the molecule is Cc1cc(CBr)cc(C)c1C. The monoisotopic (exact) mass is 212 g/mol. The van der Waals surface area contributed by atoms with E-state index in [1.165, 1.54) is 22.3 Å². The van der Waals surface area contributed by atoms with Crippen molar-refractivity contribution in [2.75, 3.05) is 0 Å². The van der Waals surface area contributed by atoms with Gasteiger partial charge in [0.1, 0.15) is 0 Å². The molecule has 0 heterocycles. The summed E-state index contributed by atoms with van der Waals surface area (Å²) in [5.74, 6) is 0. The predicted octanol–water partition coefficient (Wildman–Crippen LogP) is 3.51. The number of alkyl halides is 1. The van der Waals surface area contributed by atoms with Crippen LogP contribution in [0.15, 0.2) is 12.1 Å². The highest BCUT2D eigenvalue weighted by Crippen LogP contribution is 2.16. The maximum atomic E-state index is 3.45. The molecule has 11 heavy (non-hydrogen) atoms. The third kappa shape index (κ3) is 1.84. The molecular weight excluding hydrogens is 200 g/mol. The van der Waals surface area contributed by atoms with Gasteiger partial charge in [-0.15, -0.1) is 0 Å². The van der Waals surface area contributed by atoms with Gasteiger partial charge in [-0.3, -0.25) is 0 Å². The first kappa shape index (κ1) is 8.79. The second kappa shape index (κ2) is 3.40. The molecule has 0 aliphatic carbocycles. The molecule has 0 atom stereocenters. The summed E-state index contributed by atoms with van der Waals surface area (Å²) in [6.45, 7) is 6.49. The van der Waals surface area contributed by atoms with E-state index in [9.17, 15) is 0 Å². The molecule has 0 saturated heterocycles. The van der Waals surface area contributed by atoms with Crippen LogP contribution < -0.4 is 0 Å². The van der Waals surface area contributed by atoms with E-state index >= 15 is 0 Å². The summed E-state index contributed by atoms with van der Waals surface area (Å²) in [6, 6.07) is 4.47. The van der Waals surface area contributed by atoms with Gasteiger partial charge in [-0.25, -0.2) is 0 Å². The van der Waals surface area contributed by atoms with E-state index in [0.717, 1.165) is 5.33 Å². The molecule has 0 bridgehead atoms. The molecule has 60 valence electrons. The first-order valence-electron chi connectivity index (χ1n) is 3.78. The Balaban J connectivity index is 3.21. The quantitative estimate of drug-likeness (QED) is 0.626. The van der Waals surface area contributed by atoms with E-state index in [1.807, 2.05) is 0 Å². The Kier molecular flexibility index (Phi) is 2.72. The van der Waals surface area contributed by atoms with Crippen LogP contribution in [-0.2, 0) is 5.33 Å². The minimum Gasteiger partial charge on any atom is -0.0876 e. The molecule has 0 unspecified atom stereocenters. The molecule has 0 aromatic heterocycles. The molecule has 1 aromatic rings. The Bertz CT molecular complexity index is 241. The van der Waals surface area contributed by atoms with Crippen molar-refractivity contribution < 1.29 is 0 Å². The topological polar surface area (TPSA) is 0 Å². The van der Waals surface area contributed by atoms with Crippen LogP contribution in [0.5, 0.6) is 0 Å². The Hall–Kier alpha value is -0.300. The maximum absolute atomic E-state index is 3.45. The maximum Gasteiger partial charge on any atom is 0.0283 e. The smallest absolute Gasteiger partial charge is 0.0283 e. The highest BCUT2D eigenvalue weighted by atomic mass is 79.9. The molecule has 0 amide bonds. The van der Waals surface area contributed by atoms with E-state index in [4.69, 9.17) is 0 Å². The van der Waals surface area contributed by atoms with E-state index < -0.39 is 0 Å². The standard InChI is InChI=1S/C10H13Br/c1-7-4-10(6-11)5-8(2)9(7)3/h4-5H,6H2,1-3H3. The first-order chi connectivity index (χ1) is 5.15. The van der Waals surface area contributed by atoms with E-state index in [2.05, 4.69) is 48.8 Å². The van der Waals surface area contributed by atoms with Crippen molar-refractivity contribution in [3.63, 3.8) is 0 Å². The summed E-state index contributed by atoms with van der Waals surface area (Å²) in [7, 11) is 0. The normalized spacial score (nSPS) is 10.2. The summed E-state index contributed by atoms with van der Waals surface area (Å²) >= 11 is 3.45. The molecule has 0 aliphatic rings. The molecule has 0 radical (unpaired) electrons. The summed E-state index contributed by atoms with van der Waals surface area (Å²) in [5, 5.41) is 0.953. The first-order valence-corrected chi connectivity index (χ1v) is 4.90. The highest BCUT2D eigenvalue weighted by molar-refractivity contribution is 9.08. The Morgan fingerprint density at radius 3 is 1.91 bits per heavy atom. The number of rotatable bonds is 1. The second-order valence-corrected chi connectivity index (χ2v) is 3.55. The summed E-state index contributed by atoms with van der Waals surface area (Å²) in [6.07, 6.45) is 0. The largest absolute Gasteiger partial charge is 0.0876 e. The highest BCUT2D eigenvalue weighted by Gasteiger charge is 1.98. The number of halogens is 1. The number of hydrogen-bond donors (Lipinski definition) is 0.